The first-order valence-corrected chi connectivity index (χ1v) is 6.44. The lowest BCUT2D eigenvalue weighted by Gasteiger charge is -2.34. The molecule has 3 saturated heterocycles. The molecule has 17 heavy (non-hydrogen) atoms. The van der Waals surface area contributed by atoms with Gasteiger partial charge in [0.05, 0.1) is 12.5 Å². The molecule has 0 aliphatic carbocycles. The predicted molar refractivity (Wildman–Crippen MR) is 62.3 cm³/mol. The molecule has 3 unspecified atom stereocenters. The topological polar surface area (TPSA) is 52.6 Å². The minimum Gasteiger partial charge on any atom is -0.342 e. The summed E-state index contributed by atoms with van der Waals surface area (Å²) in [5, 5.41) is 3.48. The van der Waals surface area contributed by atoms with E-state index in [9.17, 15) is 9.59 Å². The van der Waals surface area contributed by atoms with Gasteiger partial charge in [-0.1, -0.05) is 0 Å². The van der Waals surface area contributed by atoms with E-state index in [1.165, 1.54) is 6.42 Å². The summed E-state index contributed by atoms with van der Waals surface area (Å²) < 4.78 is 0. The van der Waals surface area contributed by atoms with Crippen molar-refractivity contribution < 1.29 is 9.59 Å². The van der Waals surface area contributed by atoms with Crippen LogP contribution in [0.25, 0.3) is 0 Å². The van der Waals surface area contributed by atoms with Crippen LogP contribution in [0.5, 0.6) is 0 Å². The molecule has 3 rings (SSSR count). The lowest BCUT2D eigenvalue weighted by Crippen LogP contribution is -2.53. The van der Waals surface area contributed by atoms with Gasteiger partial charge in [-0.25, -0.2) is 0 Å². The highest BCUT2D eigenvalue weighted by atomic mass is 16.2. The molecule has 3 atom stereocenters. The van der Waals surface area contributed by atoms with Crippen molar-refractivity contribution in [3.63, 3.8) is 0 Å². The van der Waals surface area contributed by atoms with Gasteiger partial charge in [0.15, 0.2) is 0 Å². The predicted octanol–water partition coefficient (Wildman–Crippen LogP) is -0.572. The number of hydrogen-bond donors (Lipinski definition) is 1. The Hall–Kier alpha value is -1.10. The number of nitrogens with zero attached hydrogens (tertiary/aromatic N) is 2. The Morgan fingerprint density at radius 1 is 1.35 bits per heavy atom. The van der Waals surface area contributed by atoms with Gasteiger partial charge in [-0.15, -0.1) is 0 Å². The first kappa shape index (κ1) is 11.0. The monoisotopic (exact) mass is 237 g/mol. The number of fused-ring (bicyclic) bond motifs is 2. The van der Waals surface area contributed by atoms with E-state index >= 15 is 0 Å². The Labute approximate surface area is 101 Å². The highest BCUT2D eigenvalue weighted by Gasteiger charge is 2.44. The van der Waals surface area contributed by atoms with E-state index < -0.39 is 0 Å². The molecule has 5 nitrogen and oxygen atoms in total. The molecule has 94 valence electrons. The van der Waals surface area contributed by atoms with Crippen molar-refractivity contribution in [3.05, 3.63) is 0 Å². The quantitative estimate of drug-likeness (QED) is 0.664. The van der Waals surface area contributed by atoms with E-state index in [-0.39, 0.29) is 24.3 Å². The molecule has 0 saturated carbocycles. The maximum atomic E-state index is 12.4. The van der Waals surface area contributed by atoms with Crippen LogP contribution in [-0.4, -0.2) is 60.4 Å². The highest BCUT2D eigenvalue weighted by molar-refractivity contribution is 5.87. The second-order valence-corrected chi connectivity index (χ2v) is 5.46. The average Bonchev–Trinajstić information content (AvgIpc) is 2.93. The van der Waals surface area contributed by atoms with Crippen LogP contribution in [0.2, 0.25) is 0 Å². The van der Waals surface area contributed by atoms with Crippen LogP contribution >= 0.6 is 0 Å². The molecule has 0 spiro atoms. The normalized spacial score (nSPS) is 36.8. The number of nitrogens with one attached hydrogen (secondary N) is 1. The summed E-state index contributed by atoms with van der Waals surface area (Å²) in [5.41, 5.74) is 0. The maximum absolute atomic E-state index is 12.4. The Morgan fingerprint density at radius 2 is 2.18 bits per heavy atom. The zero-order valence-electron chi connectivity index (χ0n) is 10.2. The van der Waals surface area contributed by atoms with Crippen molar-refractivity contribution >= 4 is 11.8 Å². The largest absolute Gasteiger partial charge is 0.342 e. The molecule has 2 bridgehead atoms. The van der Waals surface area contributed by atoms with Crippen molar-refractivity contribution in [1.82, 2.24) is 15.1 Å². The van der Waals surface area contributed by atoms with E-state index in [4.69, 9.17) is 0 Å². The third-order valence-corrected chi connectivity index (χ3v) is 4.39. The van der Waals surface area contributed by atoms with Gasteiger partial charge in [-0.2, -0.15) is 0 Å². The molecule has 2 amide bonds. The minimum atomic E-state index is 0.0562. The van der Waals surface area contributed by atoms with Gasteiger partial charge in [0.2, 0.25) is 11.8 Å². The summed E-state index contributed by atoms with van der Waals surface area (Å²) in [7, 11) is 1.79. The van der Waals surface area contributed by atoms with Crippen LogP contribution in [0.1, 0.15) is 19.3 Å². The smallest absolute Gasteiger partial charge is 0.241 e. The maximum Gasteiger partial charge on any atom is 0.241 e. The third-order valence-electron chi connectivity index (χ3n) is 4.39. The van der Waals surface area contributed by atoms with Crippen LogP contribution in [0.15, 0.2) is 0 Å². The van der Waals surface area contributed by atoms with Crippen molar-refractivity contribution in [3.8, 4) is 0 Å². The highest BCUT2D eigenvalue weighted by Crippen LogP contribution is 2.34. The molecule has 3 heterocycles. The standard InChI is InChI=1S/C12H19N3O2/c1-14-4-5-15(7-11(14)16)12(17)9-6-8-2-3-10(9)13-8/h8-10,13H,2-7H2,1H3. The summed E-state index contributed by atoms with van der Waals surface area (Å²) in [6.45, 7) is 1.62. The van der Waals surface area contributed by atoms with Crippen LogP contribution in [0, 0.1) is 5.92 Å². The van der Waals surface area contributed by atoms with Crippen molar-refractivity contribution in [2.45, 2.75) is 31.3 Å². The van der Waals surface area contributed by atoms with Crippen LogP contribution in [-0.2, 0) is 9.59 Å². The van der Waals surface area contributed by atoms with Gasteiger partial charge in [0.25, 0.3) is 0 Å². The number of amides is 2. The first-order valence-electron chi connectivity index (χ1n) is 6.44. The van der Waals surface area contributed by atoms with Gasteiger partial charge in [-0.05, 0) is 19.3 Å². The van der Waals surface area contributed by atoms with Gasteiger partial charge in [0, 0.05) is 32.2 Å². The number of carbonyl (C=O) groups is 2. The number of likely N-dealkylation sites (N-methyl/N-ethyl adjacent to an activating group) is 1. The summed E-state index contributed by atoms with van der Waals surface area (Å²) in [4.78, 5) is 27.4. The molecule has 0 aromatic carbocycles. The van der Waals surface area contributed by atoms with Crippen molar-refractivity contribution in [2.24, 2.45) is 5.92 Å². The summed E-state index contributed by atoms with van der Waals surface area (Å²) in [6, 6.07) is 0.902. The Morgan fingerprint density at radius 3 is 2.76 bits per heavy atom. The second-order valence-electron chi connectivity index (χ2n) is 5.46. The summed E-state index contributed by atoms with van der Waals surface area (Å²) >= 11 is 0. The van der Waals surface area contributed by atoms with E-state index in [1.54, 1.807) is 16.8 Å². The fourth-order valence-corrected chi connectivity index (χ4v) is 3.28. The van der Waals surface area contributed by atoms with Gasteiger partial charge in [-0.3, -0.25) is 9.59 Å². The molecule has 0 radical (unpaired) electrons. The van der Waals surface area contributed by atoms with E-state index in [0.29, 0.717) is 25.2 Å². The fourth-order valence-electron chi connectivity index (χ4n) is 3.28. The van der Waals surface area contributed by atoms with Gasteiger partial charge >= 0.3 is 0 Å². The van der Waals surface area contributed by atoms with Crippen molar-refractivity contribution in [2.75, 3.05) is 26.7 Å². The lowest BCUT2D eigenvalue weighted by atomic mass is 9.88. The number of carbonyl (C=O) groups excluding carboxylic acids is 2. The molecule has 3 aliphatic heterocycles. The number of piperazine rings is 1. The Bertz CT molecular complexity index is 358. The van der Waals surface area contributed by atoms with E-state index in [0.717, 1.165) is 12.8 Å². The zero-order valence-corrected chi connectivity index (χ0v) is 10.2. The molecular weight excluding hydrogens is 218 g/mol. The SMILES string of the molecule is CN1CCN(C(=O)C2CC3CCC2N3)CC1=O. The summed E-state index contributed by atoms with van der Waals surface area (Å²) in [5.74, 6) is 0.358. The Balaban J connectivity index is 1.65. The molecule has 0 aromatic rings. The molecule has 0 aromatic heterocycles. The van der Waals surface area contributed by atoms with Crippen LogP contribution in [0.3, 0.4) is 0 Å². The zero-order chi connectivity index (χ0) is 12.0. The second kappa shape index (κ2) is 3.98. The van der Waals surface area contributed by atoms with Gasteiger partial charge < -0.3 is 15.1 Å². The molecular formula is C12H19N3O2. The van der Waals surface area contributed by atoms with Crippen LogP contribution in [0.4, 0.5) is 0 Å². The fraction of sp³-hybridized carbons (Fsp3) is 0.833. The Kier molecular flexibility index (Phi) is 2.58. The van der Waals surface area contributed by atoms with E-state index in [1.807, 2.05) is 0 Å². The van der Waals surface area contributed by atoms with E-state index in [2.05, 4.69) is 5.32 Å². The number of rotatable bonds is 1. The average molecular weight is 237 g/mol. The van der Waals surface area contributed by atoms with Gasteiger partial charge in [0.1, 0.15) is 0 Å². The third kappa shape index (κ3) is 1.82. The summed E-state index contributed by atoms with van der Waals surface area (Å²) in [6.07, 6.45) is 3.28. The molecule has 1 N–H and O–H groups in total. The minimum absolute atomic E-state index is 0.0562. The van der Waals surface area contributed by atoms with Crippen LogP contribution < -0.4 is 5.32 Å². The molecule has 5 heteroatoms. The first-order chi connectivity index (χ1) is 8.15. The molecule has 3 aliphatic rings. The number of hydrogen-bond acceptors (Lipinski definition) is 3. The lowest BCUT2D eigenvalue weighted by molar-refractivity contribution is -0.147. The van der Waals surface area contributed by atoms with Crippen molar-refractivity contribution in [1.29, 1.82) is 0 Å². The molecule has 3 fully saturated rings.